The van der Waals surface area contributed by atoms with E-state index in [0.29, 0.717) is 49.2 Å². The van der Waals surface area contributed by atoms with Gasteiger partial charge in [0.05, 0.1) is 24.5 Å². The van der Waals surface area contributed by atoms with Gasteiger partial charge in [0.15, 0.2) is 0 Å². The quantitative estimate of drug-likeness (QED) is 0.285. The van der Waals surface area contributed by atoms with Crippen molar-refractivity contribution in [2.24, 2.45) is 5.92 Å². The molecule has 1 aliphatic carbocycles. The van der Waals surface area contributed by atoms with Crippen LogP contribution < -0.4 is 10.1 Å². The van der Waals surface area contributed by atoms with E-state index < -0.39 is 12.1 Å². The van der Waals surface area contributed by atoms with Gasteiger partial charge in [0.2, 0.25) is 17.7 Å². The minimum atomic E-state index is -0.752. The highest BCUT2D eigenvalue weighted by Gasteiger charge is 2.42. The molecule has 2 aromatic heterocycles. The molecule has 3 atom stereocenters. The summed E-state index contributed by atoms with van der Waals surface area (Å²) < 4.78 is 26.3. The molecule has 9 nitrogen and oxygen atoms in total. The predicted octanol–water partition coefficient (Wildman–Crippen LogP) is 5.43. The number of aromatic nitrogens is 2. The van der Waals surface area contributed by atoms with Crippen molar-refractivity contribution < 1.29 is 23.5 Å². The zero-order valence-electron chi connectivity index (χ0n) is 27.8. The number of aryl methyl sites for hydroxylation is 1. The van der Waals surface area contributed by atoms with Gasteiger partial charge in [-0.25, -0.2) is 9.37 Å². The largest absolute Gasteiger partial charge is 0.481 e. The van der Waals surface area contributed by atoms with Crippen LogP contribution in [0.25, 0.3) is 11.3 Å². The Morgan fingerprint density at radius 2 is 1.80 bits per heavy atom. The minimum absolute atomic E-state index is 0.0828. The van der Waals surface area contributed by atoms with Crippen LogP contribution >= 0.6 is 0 Å². The number of rotatable bonds is 12. The molecular weight excluding hydrogens is 585 g/mol. The van der Waals surface area contributed by atoms with Crippen LogP contribution in [0.3, 0.4) is 0 Å². The lowest BCUT2D eigenvalue weighted by Gasteiger charge is -2.47. The number of pyridine rings is 2. The van der Waals surface area contributed by atoms with E-state index in [2.05, 4.69) is 21.3 Å². The van der Waals surface area contributed by atoms with Gasteiger partial charge in [-0.05, 0) is 62.3 Å². The Morgan fingerprint density at radius 3 is 2.46 bits per heavy atom. The number of nitrogens with zero attached hydrogens (tertiary/aromatic N) is 4. The molecule has 1 saturated carbocycles. The van der Waals surface area contributed by atoms with Crippen LogP contribution in [0.4, 0.5) is 4.39 Å². The summed E-state index contributed by atoms with van der Waals surface area (Å²) in [4.78, 5) is 40.2. The minimum Gasteiger partial charge on any atom is -0.481 e. The van der Waals surface area contributed by atoms with Crippen molar-refractivity contribution in [2.75, 3.05) is 33.9 Å². The van der Waals surface area contributed by atoms with Crippen LogP contribution in [0.15, 0.2) is 48.7 Å². The van der Waals surface area contributed by atoms with E-state index in [-0.39, 0.29) is 36.1 Å². The topological polar surface area (TPSA) is 96.9 Å². The molecule has 1 aromatic carbocycles. The fourth-order valence-corrected chi connectivity index (χ4v) is 6.35. The number of piperazine rings is 1. The maximum absolute atomic E-state index is 15.3. The average Bonchev–Trinajstić information content (AvgIpc) is 3.90. The number of carbonyl (C=O) groups excluding carboxylic acids is 2. The predicted molar refractivity (Wildman–Crippen MR) is 175 cm³/mol. The summed E-state index contributed by atoms with van der Waals surface area (Å²) in [6.45, 7) is 8.78. The van der Waals surface area contributed by atoms with Crippen LogP contribution in [-0.4, -0.2) is 77.6 Å². The standard InChI is InChI=1S/C36H46FN5O4/c1-22(2)36(44)42-24(4)20-41(30(16-18-45-5)33-32(37)23(3)15-17-38-33)21-31(42)34(43)39-19-25-7-9-27(10-8-25)29-14-13-28(26-11-12-26)35(40-29)46-6/h7-10,13-15,17,22,24,26,30-31H,11-12,16,18-21H2,1-6H3,(H,39,43)/t24-,30-,31-/m1/s1. The second kappa shape index (κ2) is 14.7. The third-order valence-corrected chi connectivity index (χ3v) is 9.05. The van der Waals surface area contributed by atoms with E-state index in [1.54, 1.807) is 38.3 Å². The van der Waals surface area contributed by atoms with Crippen LogP contribution in [0.1, 0.15) is 74.4 Å². The third kappa shape index (κ3) is 7.39. The number of hydrogen-bond donors (Lipinski definition) is 1. The van der Waals surface area contributed by atoms with Crippen LogP contribution in [-0.2, 0) is 20.9 Å². The Kier molecular flexibility index (Phi) is 10.7. The highest BCUT2D eigenvalue weighted by molar-refractivity contribution is 5.89. The summed E-state index contributed by atoms with van der Waals surface area (Å²) in [5, 5.41) is 3.07. The Hall–Kier alpha value is -3.89. The van der Waals surface area contributed by atoms with Gasteiger partial charge in [-0.3, -0.25) is 19.5 Å². The molecule has 1 saturated heterocycles. The number of nitrogens with one attached hydrogen (secondary N) is 1. The molecule has 10 heteroatoms. The summed E-state index contributed by atoms with van der Waals surface area (Å²) >= 11 is 0. The molecule has 5 rings (SSSR count). The monoisotopic (exact) mass is 631 g/mol. The summed E-state index contributed by atoms with van der Waals surface area (Å²) in [5.41, 5.74) is 4.72. The maximum Gasteiger partial charge on any atom is 0.244 e. The molecule has 0 unspecified atom stereocenters. The van der Waals surface area contributed by atoms with Gasteiger partial charge in [-0.2, -0.15) is 0 Å². The molecule has 246 valence electrons. The van der Waals surface area contributed by atoms with Crippen LogP contribution in [0.5, 0.6) is 5.88 Å². The first-order valence-electron chi connectivity index (χ1n) is 16.2. The van der Waals surface area contributed by atoms with E-state index in [1.165, 1.54) is 12.8 Å². The smallest absolute Gasteiger partial charge is 0.244 e. The van der Waals surface area contributed by atoms with Crippen molar-refractivity contribution in [3.05, 3.63) is 76.9 Å². The zero-order chi connectivity index (χ0) is 33.0. The number of carbonyl (C=O) groups is 2. The number of ether oxygens (including phenoxy) is 2. The van der Waals surface area contributed by atoms with E-state index in [1.807, 2.05) is 51.1 Å². The lowest BCUT2D eigenvalue weighted by atomic mass is 9.97. The molecule has 0 radical (unpaired) electrons. The summed E-state index contributed by atoms with van der Waals surface area (Å²) in [6.07, 6.45) is 4.46. The first-order chi connectivity index (χ1) is 22.1. The van der Waals surface area contributed by atoms with Crippen LogP contribution in [0, 0.1) is 18.7 Å². The molecule has 2 amide bonds. The molecule has 0 spiro atoms. The Balaban J connectivity index is 1.33. The molecule has 2 fully saturated rings. The van der Waals surface area contributed by atoms with E-state index in [4.69, 9.17) is 14.5 Å². The molecule has 0 bridgehead atoms. The maximum atomic E-state index is 15.3. The van der Waals surface area contributed by atoms with Gasteiger partial charge in [-0.1, -0.05) is 44.2 Å². The summed E-state index contributed by atoms with van der Waals surface area (Å²) in [6, 6.07) is 12.3. The van der Waals surface area contributed by atoms with Gasteiger partial charge in [0.1, 0.15) is 11.9 Å². The lowest BCUT2D eigenvalue weighted by molar-refractivity contribution is -0.151. The number of amides is 2. The van der Waals surface area contributed by atoms with Gasteiger partial charge in [-0.15, -0.1) is 0 Å². The molecular formula is C36H46FN5O4. The van der Waals surface area contributed by atoms with E-state index >= 15 is 4.39 Å². The summed E-state index contributed by atoms with van der Waals surface area (Å²) in [7, 11) is 3.27. The molecule has 1 N–H and O–H groups in total. The van der Waals surface area contributed by atoms with E-state index in [0.717, 1.165) is 22.4 Å². The van der Waals surface area contributed by atoms with Crippen LogP contribution in [0.2, 0.25) is 0 Å². The number of benzene rings is 1. The molecule has 3 aromatic rings. The summed E-state index contributed by atoms with van der Waals surface area (Å²) in [5.74, 6) is 0.264. The van der Waals surface area contributed by atoms with Crippen molar-refractivity contribution in [1.82, 2.24) is 25.1 Å². The average molecular weight is 632 g/mol. The fraction of sp³-hybridized carbons (Fsp3) is 0.500. The second-order valence-corrected chi connectivity index (χ2v) is 12.8. The first kappa shape index (κ1) is 33.5. The highest BCUT2D eigenvalue weighted by atomic mass is 19.1. The van der Waals surface area contributed by atoms with Crippen molar-refractivity contribution in [3.8, 4) is 17.1 Å². The Labute approximate surface area is 271 Å². The fourth-order valence-electron chi connectivity index (χ4n) is 6.35. The van der Waals surface area contributed by atoms with Gasteiger partial charge in [0.25, 0.3) is 0 Å². The first-order valence-corrected chi connectivity index (χ1v) is 16.2. The second-order valence-electron chi connectivity index (χ2n) is 12.8. The lowest BCUT2D eigenvalue weighted by Crippen LogP contribution is -2.65. The van der Waals surface area contributed by atoms with Crippen molar-refractivity contribution in [3.63, 3.8) is 0 Å². The molecule has 2 aliphatic rings. The third-order valence-electron chi connectivity index (χ3n) is 9.05. The van der Waals surface area contributed by atoms with Gasteiger partial charge < -0.3 is 19.7 Å². The van der Waals surface area contributed by atoms with Crippen molar-refractivity contribution >= 4 is 11.8 Å². The highest BCUT2D eigenvalue weighted by Crippen LogP contribution is 2.44. The number of halogens is 1. The zero-order valence-corrected chi connectivity index (χ0v) is 27.8. The van der Waals surface area contributed by atoms with Gasteiger partial charge >= 0.3 is 0 Å². The van der Waals surface area contributed by atoms with Gasteiger partial charge in [0, 0.05) is 62.6 Å². The number of hydrogen-bond acceptors (Lipinski definition) is 7. The SMILES string of the molecule is COCC[C@H](c1nccc(C)c1F)N1C[C@@H](C)N(C(=O)C(C)C)[C@@H](C(=O)NCc2ccc(-c3ccc(C4CC4)c(OC)n3)cc2)C1. The molecule has 46 heavy (non-hydrogen) atoms. The normalized spacial score (nSPS) is 19.3. The van der Waals surface area contributed by atoms with Crippen molar-refractivity contribution in [1.29, 1.82) is 0 Å². The van der Waals surface area contributed by atoms with E-state index in [9.17, 15) is 9.59 Å². The van der Waals surface area contributed by atoms with Crippen molar-refractivity contribution in [2.45, 2.75) is 77.5 Å². The number of methoxy groups -OCH3 is 2. The Bertz CT molecular complexity index is 1530. The Morgan fingerprint density at radius 1 is 1.07 bits per heavy atom. The molecule has 3 heterocycles. The molecule has 1 aliphatic heterocycles.